The molecule has 0 unspecified atom stereocenters. The maximum absolute atomic E-state index is 11.8. The topological polar surface area (TPSA) is 81.8 Å². The van der Waals surface area contributed by atoms with Crippen LogP contribution in [0.2, 0.25) is 0 Å². The molecule has 3 saturated heterocycles. The average Bonchev–Trinajstić information content (AvgIpc) is 3.07. The summed E-state index contributed by atoms with van der Waals surface area (Å²) >= 11 is 0. The Kier molecular flexibility index (Phi) is 6.67. The number of rotatable bonds is 2. The molecule has 0 aromatic heterocycles. The van der Waals surface area contributed by atoms with E-state index in [4.69, 9.17) is 0 Å². The van der Waals surface area contributed by atoms with E-state index in [0.29, 0.717) is 31.5 Å². The van der Waals surface area contributed by atoms with E-state index in [2.05, 4.69) is 76.7 Å². The summed E-state index contributed by atoms with van der Waals surface area (Å²) < 4.78 is 0. The largest absolute Gasteiger partial charge is 0.371 e. The van der Waals surface area contributed by atoms with Gasteiger partial charge in [0.1, 0.15) is 11.3 Å². The molecule has 2 aromatic rings. The van der Waals surface area contributed by atoms with Gasteiger partial charge < -0.3 is 15.1 Å². The molecule has 7 heteroatoms. The Bertz CT molecular complexity index is 1030. The third-order valence-electron chi connectivity index (χ3n) is 6.69. The average molecular weight is 449 g/mol. The van der Waals surface area contributed by atoms with Crippen LogP contribution in [0.5, 0.6) is 0 Å². The molecule has 3 fully saturated rings. The lowest BCUT2D eigenvalue weighted by Gasteiger charge is -2.38. The van der Waals surface area contributed by atoms with Crippen molar-refractivity contribution in [2.45, 2.75) is 45.1 Å². The van der Waals surface area contributed by atoms with Gasteiger partial charge in [0.15, 0.2) is 0 Å². The molecule has 2 N–H and O–H groups in total. The number of urea groups is 1. The Balaban J connectivity index is 0.000000165. The third kappa shape index (κ3) is 5.35. The van der Waals surface area contributed by atoms with Gasteiger partial charge >= 0.3 is 6.03 Å². The molecule has 33 heavy (non-hydrogen) atoms. The maximum Gasteiger partial charge on any atom is 0.322 e. The molecular weight excluding hydrogens is 416 g/mol. The van der Waals surface area contributed by atoms with Crippen LogP contribution < -0.4 is 20.4 Å². The van der Waals surface area contributed by atoms with Crippen molar-refractivity contribution in [1.82, 2.24) is 10.6 Å². The van der Waals surface area contributed by atoms with E-state index in [1.807, 2.05) is 6.07 Å². The highest BCUT2D eigenvalue weighted by Crippen LogP contribution is 2.29. The zero-order chi connectivity index (χ0) is 23.4. The van der Waals surface area contributed by atoms with E-state index in [0.717, 1.165) is 26.2 Å². The maximum atomic E-state index is 11.8. The molecule has 3 aliphatic heterocycles. The zero-order valence-electron chi connectivity index (χ0n) is 19.4. The summed E-state index contributed by atoms with van der Waals surface area (Å²) in [5.41, 5.74) is 4.25. The minimum Gasteiger partial charge on any atom is -0.371 e. The molecule has 2 aromatic carbocycles. The van der Waals surface area contributed by atoms with Crippen LogP contribution in [-0.4, -0.2) is 49.4 Å². The first-order valence-electron chi connectivity index (χ1n) is 11.6. The van der Waals surface area contributed by atoms with Crippen molar-refractivity contribution in [3.05, 3.63) is 59.7 Å². The number of hydrogen-bond acceptors (Lipinski definition) is 5. The molecule has 0 bridgehead atoms. The second-order valence-electron chi connectivity index (χ2n) is 9.18. The van der Waals surface area contributed by atoms with Gasteiger partial charge in [-0.2, -0.15) is 0 Å². The minimum absolute atomic E-state index is 0.179. The predicted octanol–water partition coefficient (Wildman–Crippen LogP) is 3.34. The summed E-state index contributed by atoms with van der Waals surface area (Å²) in [6, 6.07) is 16.4. The van der Waals surface area contributed by atoms with Crippen molar-refractivity contribution in [3.8, 4) is 0 Å². The smallest absolute Gasteiger partial charge is 0.322 e. The lowest BCUT2D eigenvalue weighted by molar-refractivity contribution is -0.124. The number of imide groups is 1. The number of aryl methyl sites for hydroxylation is 2. The molecule has 5 rings (SSSR count). The Labute approximate surface area is 195 Å². The van der Waals surface area contributed by atoms with Crippen LogP contribution in [0.1, 0.15) is 36.8 Å². The Morgan fingerprint density at radius 3 is 1.73 bits per heavy atom. The number of carbonyl (C=O) groups excluding carboxylic acids is 3. The van der Waals surface area contributed by atoms with Crippen molar-refractivity contribution >= 4 is 29.1 Å². The molecule has 1 spiro atoms. The predicted molar refractivity (Wildman–Crippen MR) is 130 cm³/mol. The number of Topliss-reactive ketones (excluding diaryl/α,β-unsaturated/α-hetero) is 1. The fourth-order valence-electron chi connectivity index (χ4n) is 4.69. The van der Waals surface area contributed by atoms with Crippen LogP contribution >= 0.6 is 0 Å². The van der Waals surface area contributed by atoms with Gasteiger partial charge in [-0.05, 0) is 62.1 Å². The van der Waals surface area contributed by atoms with Crippen LogP contribution in [0, 0.1) is 13.8 Å². The van der Waals surface area contributed by atoms with Crippen LogP contribution in [0.25, 0.3) is 0 Å². The Morgan fingerprint density at radius 2 is 1.27 bits per heavy atom. The first kappa shape index (κ1) is 22.8. The zero-order valence-corrected chi connectivity index (χ0v) is 19.4. The Morgan fingerprint density at radius 1 is 0.758 bits per heavy atom. The van der Waals surface area contributed by atoms with Crippen molar-refractivity contribution in [2.24, 2.45) is 0 Å². The number of amides is 3. The van der Waals surface area contributed by atoms with Crippen LogP contribution in [0.3, 0.4) is 0 Å². The van der Waals surface area contributed by atoms with Gasteiger partial charge in [-0.1, -0.05) is 24.3 Å². The van der Waals surface area contributed by atoms with Crippen molar-refractivity contribution in [3.63, 3.8) is 0 Å². The summed E-state index contributed by atoms with van der Waals surface area (Å²) in [6.07, 6.45) is 2.71. The van der Waals surface area contributed by atoms with Gasteiger partial charge in [0.25, 0.3) is 5.91 Å². The van der Waals surface area contributed by atoms with Crippen molar-refractivity contribution in [1.29, 1.82) is 0 Å². The summed E-state index contributed by atoms with van der Waals surface area (Å²) in [6.45, 7) is 7.47. The van der Waals surface area contributed by atoms with E-state index in [1.165, 1.54) is 22.5 Å². The lowest BCUT2D eigenvalue weighted by atomic mass is 9.87. The van der Waals surface area contributed by atoms with Gasteiger partial charge in [-0.15, -0.1) is 0 Å². The fraction of sp³-hybridized carbons (Fsp3) is 0.423. The standard InChI is InChI=1S/C14H17N3O2.C12H15NO/c1-10-3-2-4-11(9-10)17-7-5-14(6-8-17)12(18)15-13(19)16-14;1-10-3-2-4-11(9-10)13-7-5-12(14)6-8-13/h2-4,9H,5-8H2,1H3,(H2,15,16,18,19);2-4,9H,5-8H2,1H3. The number of carbonyl (C=O) groups is 3. The molecule has 174 valence electrons. The molecule has 3 heterocycles. The molecule has 3 amide bonds. The highest BCUT2D eigenvalue weighted by molar-refractivity contribution is 6.07. The molecule has 0 aliphatic carbocycles. The first-order chi connectivity index (χ1) is 15.8. The van der Waals surface area contributed by atoms with Crippen LogP contribution in [0.4, 0.5) is 16.2 Å². The molecule has 7 nitrogen and oxygen atoms in total. The van der Waals surface area contributed by atoms with E-state index in [1.54, 1.807) is 0 Å². The van der Waals surface area contributed by atoms with Gasteiger partial charge in [0.05, 0.1) is 0 Å². The van der Waals surface area contributed by atoms with Gasteiger partial charge in [0, 0.05) is 50.4 Å². The van der Waals surface area contributed by atoms with E-state index >= 15 is 0 Å². The molecule has 0 saturated carbocycles. The van der Waals surface area contributed by atoms with Gasteiger partial charge in [-0.3, -0.25) is 14.9 Å². The Hall–Kier alpha value is -3.35. The number of piperidine rings is 2. The molecule has 3 aliphatic rings. The van der Waals surface area contributed by atoms with E-state index < -0.39 is 5.54 Å². The summed E-state index contributed by atoms with van der Waals surface area (Å²) in [5.74, 6) is 0.218. The number of benzene rings is 2. The molecule has 0 radical (unpaired) electrons. The van der Waals surface area contributed by atoms with Crippen molar-refractivity contribution < 1.29 is 14.4 Å². The van der Waals surface area contributed by atoms with Crippen molar-refractivity contribution in [2.75, 3.05) is 36.0 Å². The molecular formula is C26H32N4O3. The normalized spacial score (nSPS) is 19.6. The lowest BCUT2D eigenvalue weighted by Crippen LogP contribution is -2.54. The second-order valence-corrected chi connectivity index (χ2v) is 9.18. The number of anilines is 2. The number of hydrogen-bond donors (Lipinski definition) is 2. The monoisotopic (exact) mass is 448 g/mol. The van der Waals surface area contributed by atoms with E-state index in [9.17, 15) is 14.4 Å². The summed E-state index contributed by atoms with van der Waals surface area (Å²) in [7, 11) is 0. The molecule has 0 atom stereocenters. The van der Waals surface area contributed by atoms with Crippen LogP contribution in [0.15, 0.2) is 48.5 Å². The second kappa shape index (κ2) is 9.65. The quantitative estimate of drug-likeness (QED) is 0.689. The summed E-state index contributed by atoms with van der Waals surface area (Å²) in [5, 5.41) is 5.11. The highest BCUT2D eigenvalue weighted by atomic mass is 16.2. The minimum atomic E-state index is -0.683. The van der Waals surface area contributed by atoms with Gasteiger partial charge in [0.2, 0.25) is 0 Å². The summed E-state index contributed by atoms with van der Waals surface area (Å²) in [4.78, 5) is 38.7. The fourth-order valence-corrected chi connectivity index (χ4v) is 4.69. The number of nitrogens with zero attached hydrogens (tertiary/aromatic N) is 2. The highest BCUT2D eigenvalue weighted by Gasteiger charge is 2.47. The van der Waals surface area contributed by atoms with E-state index in [-0.39, 0.29) is 11.9 Å². The van der Waals surface area contributed by atoms with Gasteiger partial charge in [-0.25, -0.2) is 4.79 Å². The first-order valence-corrected chi connectivity index (χ1v) is 11.6. The number of nitrogens with one attached hydrogen (secondary N) is 2. The third-order valence-corrected chi connectivity index (χ3v) is 6.69. The SMILES string of the molecule is Cc1cccc(N2CCC(=O)CC2)c1.Cc1cccc(N2CCC3(CC2)NC(=O)NC3=O)c1. The number of ketones is 1. The van der Waals surface area contributed by atoms with Crippen LogP contribution in [-0.2, 0) is 9.59 Å².